The lowest BCUT2D eigenvalue weighted by Crippen LogP contribution is -2.31. The van der Waals surface area contributed by atoms with E-state index in [1.807, 2.05) is 12.1 Å². The van der Waals surface area contributed by atoms with Crippen molar-refractivity contribution in [2.24, 2.45) is 0 Å². The van der Waals surface area contributed by atoms with Crippen LogP contribution >= 0.6 is 11.6 Å². The number of hydrogen-bond acceptors (Lipinski definition) is 4. The van der Waals surface area contributed by atoms with Crippen LogP contribution in [0.1, 0.15) is 60.7 Å². The van der Waals surface area contributed by atoms with Gasteiger partial charge in [0.2, 0.25) is 0 Å². The number of nitrogens with zero attached hydrogens (tertiary/aromatic N) is 3. The molecule has 0 spiro atoms. The molecule has 1 aromatic heterocycles. The maximum Gasteiger partial charge on any atom is 0.137 e. The monoisotopic (exact) mass is 371 g/mol. The average molecular weight is 372 g/mol. The Balaban J connectivity index is 1.46. The zero-order chi connectivity index (χ0) is 17.9. The minimum absolute atomic E-state index is 0.572. The summed E-state index contributed by atoms with van der Waals surface area (Å²) in [4.78, 5) is 12.1. The highest BCUT2D eigenvalue weighted by Crippen LogP contribution is 2.32. The van der Waals surface area contributed by atoms with Crippen molar-refractivity contribution in [1.82, 2.24) is 14.9 Å². The van der Waals surface area contributed by atoms with Gasteiger partial charge in [0.1, 0.15) is 11.6 Å². The van der Waals surface area contributed by atoms with Gasteiger partial charge in [-0.2, -0.15) is 0 Å². The number of hydrogen-bond donors (Lipinski definition) is 0. The Hall–Kier alpha value is -1.65. The van der Waals surface area contributed by atoms with Crippen molar-refractivity contribution >= 4 is 11.6 Å². The lowest BCUT2D eigenvalue weighted by Gasteiger charge is -2.29. The molecule has 2 aromatic rings. The summed E-state index contributed by atoms with van der Waals surface area (Å²) in [5.41, 5.74) is 3.61. The fraction of sp³-hybridized carbons (Fsp3) is 0.524. The first-order chi connectivity index (χ1) is 12.7. The first-order valence-corrected chi connectivity index (χ1v) is 10.0. The molecule has 0 atom stereocenters. The van der Waals surface area contributed by atoms with E-state index in [4.69, 9.17) is 26.3 Å². The molecule has 1 aliphatic carbocycles. The van der Waals surface area contributed by atoms with Gasteiger partial charge in [-0.05, 0) is 24.5 Å². The molecule has 5 heteroatoms. The number of halogens is 1. The van der Waals surface area contributed by atoms with Gasteiger partial charge >= 0.3 is 0 Å². The highest BCUT2D eigenvalue weighted by atomic mass is 35.5. The number of ether oxygens (including phenoxy) is 1. The maximum absolute atomic E-state index is 6.46. The molecule has 2 aliphatic rings. The second-order valence-corrected chi connectivity index (χ2v) is 7.81. The number of methoxy groups -OCH3 is 1. The molecule has 1 aliphatic heterocycles. The van der Waals surface area contributed by atoms with E-state index in [1.165, 1.54) is 43.4 Å². The second-order valence-electron chi connectivity index (χ2n) is 7.43. The van der Waals surface area contributed by atoms with Crippen LogP contribution < -0.4 is 4.74 Å². The molecule has 26 heavy (non-hydrogen) atoms. The normalized spacial score (nSPS) is 18.5. The number of fused-ring (bicyclic) bond motifs is 1. The molecule has 0 amide bonds. The maximum atomic E-state index is 6.46. The van der Waals surface area contributed by atoms with Crippen LogP contribution in [-0.2, 0) is 19.5 Å². The molecule has 0 N–H and O–H groups in total. The van der Waals surface area contributed by atoms with Crippen LogP contribution in [0.25, 0.3) is 0 Å². The zero-order valence-electron chi connectivity index (χ0n) is 15.4. The summed E-state index contributed by atoms with van der Waals surface area (Å²) in [7, 11) is 1.66. The van der Waals surface area contributed by atoms with Crippen LogP contribution in [0.15, 0.2) is 24.4 Å². The van der Waals surface area contributed by atoms with Crippen molar-refractivity contribution in [2.45, 2.75) is 57.5 Å². The fourth-order valence-electron chi connectivity index (χ4n) is 4.16. The van der Waals surface area contributed by atoms with Gasteiger partial charge in [-0.15, -0.1) is 0 Å². The number of aromatic nitrogens is 2. The molecule has 2 heterocycles. The summed E-state index contributed by atoms with van der Waals surface area (Å²) < 4.78 is 5.33. The molecule has 1 saturated carbocycles. The van der Waals surface area contributed by atoms with Gasteiger partial charge in [0.25, 0.3) is 0 Å². The van der Waals surface area contributed by atoms with Crippen molar-refractivity contribution in [2.75, 3.05) is 13.7 Å². The van der Waals surface area contributed by atoms with E-state index in [-0.39, 0.29) is 0 Å². The SMILES string of the molecule is COc1cccc(CN2CCc3nc(C4CCCCC4)ncc3C2)c1Cl. The third-order valence-electron chi connectivity index (χ3n) is 5.66. The highest BCUT2D eigenvalue weighted by Gasteiger charge is 2.23. The summed E-state index contributed by atoms with van der Waals surface area (Å²) in [6, 6.07) is 5.97. The van der Waals surface area contributed by atoms with E-state index in [0.717, 1.165) is 43.2 Å². The van der Waals surface area contributed by atoms with Gasteiger partial charge in [-0.1, -0.05) is 43.0 Å². The van der Waals surface area contributed by atoms with Crippen molar-refractivity contribution < 1.29 is 4.74 Å². The summed E-state index contributed by atoms with van der Waals surface area (Å²) in [6.45, 7) is 2.70. The summed E-state index contributed by atoms with van der Waals surface area (Å²) in [6.07, 6.45) is 9.55. The van der Waals surface area contributed by atoms with Gasteiger partial charge in [0.15, 0.2) is 0 Å². The van der Waals surface area contributed by atoms with Gasteiger partial charge in [-0.3, -0.25) is 4.90 Å². The van der Waals surface area contributed by atoms with E-state index in [1.54, 1.807) is 7.11 Å². The fourth-order valence-corrected chi connectivity index (χ4v) is 4.42. The molecular weight excluding hydrogens is 346 g/mol. The Bertz CT molecular complexity index is 774. The largest absolute Gasteiger partial charge is 0.495 e. The van der Waals surface area contributed by atoms with Gasteiger partial charge < -0.3 is 4.74 Å². The van der Waals surface area contributed by atoms with Crippen LogP contribution in [0.2, 0.25) is 5.02 Å². The summed E-state index contributed by atoms with van der Waals surface area (Å²) >= 11 is 6.46. The third-order valence-corrected chi connectivity index (χ3v) is 6.09. The van der Waals surface area contributed by atoms with E-state index < -0.39 is 0 Å². The molecule has 138 valence electrons. The first kappa shape index (κ1) is 17.7. The molecule has 1 fully saturated rings. The molecular formula is C21H26ClN3O. The van der Waals surface area contributed by atoms with Gasteiger partial charge in [0.05, 0.1) is 12.1 Å². The number of benzene rings is 1. The Morgan fingerprint density at radius 3 is 2.88 bits per heavy atom. The second kappa shape index (κ2) is 7.93. The Morgan fingerprint density at radius 1 is 1.23 bits per heavy atom. The van der Waals surface area contributed by atoms with Crippen molar-refractivity contribution in [1.29, 1.82) is 0 Å². The molecule has 0 radical (unpaired) electrons. The molecule has 0 saturated heterocycles. The lowest BCUT2D eigenvalue weighted by molar-refractivity contribution is 0.242. The quantitative estimate of drug-likeness (QED) is 0.777. The predicted molar refractivity (Wildman–Crippen MR) is 104 cm³/mol. The van der Waals surface area contributed by atoms with Gasteiger partial charge in [-0.25, -0.2) is 9.97 Å². The van der Waals surface area contributed by atoms with Crippen LogP contribution in [0.4, 0.5) is 0 Å². The standard InChI is InChI=1S/C21H26ClN3O/c1-26-19-9-5-8-16(20(19)22)13-25-11-10-18-17(14-25)12-23-21(24-18)15-6-3-2-4-7-15/h5,8-9,12,15H,2-4,6-7,10-11,13-14H2,1H3. The van der Waals surface area contributed by atoms with Gasteiger partial charge in [0, 0.05) is 49.4 Å². The lowest BCUT2D eigenvalue weighted by atomic mass is 9.88. The van der Waals surface area contributed by atoms with E-state index in [2.05, 4.69) is 17.2 Å². The summed E-state index contributed by atoms with van der Waals surface area (Å²) in [5, 5.41) is 0.713. The first-order valence-electron chi connectivity index (χ1n) is 9.63. The van der Waals surface area contributed by atoms with Crippen molar-refractivity contribution in [3.05, 3.63) is 52.1 Å². The van der Waals surface area contributed by atoms with E-state index in [0.29, 0.717) is 10.9 Å². The average Bonchev–Trinajstić information content (AvgIpc) is 2.70. The highest BCUT2D eigenvalue weighted by molar-refractivity contribution is 6.32. The van der Waals surface area contributed by atoms with E-state index >= 15 is 0 Å². The molecule has 0 unspecified atom stereocenters. The minimum atomic E-state index is 0.572. The van der Waals surface area contributed by atoms with Crippen LogP contribution in [0.3, 0.4) is 0 Å². The third kappa shape index (κ3) is 3.72. The van der Waals surface area contributed by atoms with Crippen molar-refractivity contribution in [3.8, 4) is 5.75 Å². The summed E-state index contributed by atoms with van der Waals surface area (Å²) in [5.74, 6) is 2.39. The zero-order valence-corrected chi connectivity index (χ0v) is 16.1. The number of rotatable bonds is 4. The van der Waals surface area contributed by atoms with Crippen LogP contribution in [0, 0.1) is 0 Å². The van der Waals surface area contributed by atoms with Crippen LogP contribution in [0.5, 0.6) is 5.75 Å². The predicted octanol–water partition coefficient (Wildman–Crippen LogP) is 4.74. The Kier molecular flexibility index (Phi) is 5.41. The van der Waals surface area contributed by atoms with Crippen molar-refractivity contribution in [3.63, 3.8) is 0 Å². The Morgan fingerprint density at radius 2 is 2.08 bits per heavy atom. The molecule has 4 rings (SSSR count). The molecule has 4 nitrogen and oxygen atoms in total. The molecule has 0 bridgehead atoms. The van der Waals surface area contributed by atoms with E-state index in [9.17, 15) is 0 Å². The smallest absolute Gasteiger partial charge is 0.137 e. The minimum Gasteiger partial charge on any atom is -0.495 e. The van der Waals surface area contributed by atoms with Crippen LogP contribution in [-0.4, -0.2) is 28.5 Å². The molecule has 1 aromatic carbocycles. The Labute approximate surface area is 160 Å². The topological polar surface area (TPSA) is 38.2 Å².